The highest BCUT2D eigenvalue weighted by Gasteiger charge is 2.21. The van der Waals surface area contributed by atoms with Crippen molar-refractivity contribution in [2.24, 2.45) is 0 Å². The first-order chi connectivity index (χ1) is 15.8. The summed E-state index contributed by atoms with van der Waals surface area (Å²) < 4.78 is 57.8. The fourth-order valence-electron chi connectivity index (χ4n) is 3.37. The number of benzene rings is 2. The van der Waals surface area contributed by atoms with Crippen LogP contribution in [-0.4, -0.2) is 45.3 Å². The molecule has 0 saturated heterocycles. The number of pyridine rings is 1. The van der Waals surface area contributed by atoms with Crippen LogP contribution in [0.25, 0.3) is 33.6 Å². The molecule has 0 saturated carbocycles. The molecular formula is C24H24N2O6S2. The molecule has 2 N–H and O–H groups in total. The average molecular weight is 501 g/mol. The van der Waals surface area contributed by atoms with Crippen molar-refractivity contribution in [3.05, 3.63) is 66.9 Å². The minimum atomic E-state index is -3.85. The molecule has 0 amide bonds. The van der Waals surface area contributed by atoms with Gasteiger partial charge >= 0.3 is 0 Å². The smallest absolute Gasteiger partial charge is 0.240 e. The van der Waals surface area contributed by atoms with E-state index in [1.165, 1.54) is 38.1 Å². The van der Waals surface area contributed by atoms with Crippen LogP contribution in [0.4, 0.5) is 0 Å². The lowest BCUT2D eigenvalue weighted by Gasteiger charge is -2.18. The summed E-state index contributed by atoms with van der Waals surface area (Å²) in [5.41, 5.74) is 1.62. The Bertz CT molecular complexity index is 1580. The van der Waals surface area contributed by atoms with Gasteiger partial charge in [0.05, 0.1) is 15.4 Å². The number of hydrogen-bond donors (Lipinski definition) is 2. The number of furan rings is 1. The normalized spacial score (nSPS) is 12.8. The molecule has 4 rings (SSSR count). The zero-order valence-electron chi connectivity index (χ0n) is 18.8. The molecule has 10 heteroatoms. The first kappa shape index (κ1) is 24.1. The maximum Gasteiger partial charge on any atom is 0.240 e. The molecule has 4 aromatic rings. The fourth-order valence-corrected chi connectivity index (χ4v) is 5.29. The Morgan fingerprint density at radius 3 is 2.26 bits per heavy atom. The van der Waals surface area contributed by atoms with E-state index in [0.717, 1.165) is 6.26 Å². The van der Waals surface area contributed by atoms with Crippen LogP contribution in [0.3, 0.4) is 0 Å². The van der Waals surface area contributed by atoms with E-state index >= 15 is 0 Å². The summed E-state index contributed by atoms with van der Waals surface area (Å²) in [6.07, 6.45) is 2.74. The Kier molecular flexibility index (Phi) is 6.11. The van der Waals surface area contributed by atoms with E-state index in [1.807, 2.05) is 0 Å². The second-order valence-electron chi connectivity index (χ2n) is 8.65. The number of sulfonamides is 1. The van der Waals surface area contributed by atoms with Crippen LogP contribution in [0.15, 0.2) is 81.1 Å². The molecule has 2 aromatic carbocycles. The molecule has 34 heavy (non-hydrogen) atoms. The molecule has 0 atom stereocenters. The van der Waals surface area contributed by atoms with Gasteiger partial charge in [-0.3, -0.25) is 4.98 Å². The number of hydrogen-bond acceptors (Lipinski definition) is 7. The van der Waals surface area contributed by atoms with Crippen molar-refractivity contribution >= 4 is 31.0 Å². The predicted molar refractivity (Wildman–Crippen MR) is 129 cm³/mol. The zero-order chi connectivity index (χ0) is 24.7. The largest absolute Gasteiger partial charge is 0.454 e. The van der Waals surface area contributed by atoms with E-state index in [2.05, 4.69) is 9.71 Å². The Balaban J connectivity index is 1.76. The van der Waals surface area contributed by atoms with Gasteiger partial charge in [0.25, 0.3) is 0 Å². The topological polar surface area (TPSA) is 127 Å². The van der Waals surface area contributed by atoms with Gasteiger partial charge in [0.15, 0.2) is 15.4 Å². The number of nitrogens with one attached hydrogen (secondary N) is 1. The Hall–Kier alpha value is -3.05. The van der Waals surface area contributed by atoms with Crippen LogP contribution in [0.1, 0.15) is 13.8 Å². The molecule has 0 fully saturated rings. The van der Waals surface area contributed by atoms with E-state index in [0.29, 0.717) is 33.6 Å². The van der Waals surface area contributed by atoms with Crippen molar-refractivity contribution in [2.45, 2.75) is 29.2 Å². The Labute approximate surface area is 198 Å². The molecule has 0 aliphatic rings. The van der Waals surface area contributed by atoms with Gasteiger partial charge in [-0.15, -0.1) is 0 Å². The summed E-state index contributed by atoms with van der Waals surface area (Å²) in [6, 6.07) is 16.3. The summed E-state index contributed by atoms with van der Waals surface area (Å²) in [7, 11) is -7.23. The predicted octanol–water partition coefficient (Wildman–Crippen LogP) is 3.61. The van der Waals surface area contributed by atoms with Crippen LogP contribution >= 0.6 is 0 Å². The highest BCUT2D eigenvalue weighted by atomic mass is 32.2. The molecule has 2 aromatic heterocycles. The molecule has 0 bridgehead atoms. The molecular weight excluding hydrogens is 476 g/mol. The van der Waals surface area contributed by atoms with Gasteiger partial charge in [-0.25, -0.2) is 21.6 Å². The minimum absolute atomic E-state index is 0.0480. The third kappa shape index (κ3) is 5.20. The summed E-state index contributed by atoms with van der Waals surface area (Å²) in [5, 5.41) is 9.86. The van der Waals surface area contributed by atoms with Crippen LogP contribution in [0.5, 0.6) is 0 Å². The summed E-state index contributed by atoms with van der Waals surface area (Å²) in [6.45, 7) is 2.90. The first-order valence-corrected chi connectivity index (χ1v) is 13.7. The van der Waals surface area contributed by atoms with Gasteiger partial charge < -0.3 is 9.52 Å². The molecule has 178 valence electrons. The van der Waals surface area contributed by atoms with Crippen LogP contribution in [-0.2, 0) is 19.9 Å². The monoisotopic (exact) mass is 500 g/mol. The second kappa shape index (κ2) is 8.62. The van der Waals surface area contributed by atoms with Crippen molar-refractivity contribution in [1.82, 2.24) is 9.71 Å². The van der Waals surface area contributed by atoms with E-state index in [1.54, 1.807) is 42.6 Å². The summed E-state index contributed by atoms with van der Waals surface area (Å²) >= 11 is 0. The van der Waals surface area contributed by atoms with Gasteiger partial charge in [0, 0.05) is 36.2 Å². The van der Waals surface area contributed by atoms with Crippen molar-refractivity contribution in [3.63, 3.8) is 0 Å². The Morgan fingerprint density at radius 1 is 0.941 bits per heavy atom. The number of fused-ring (bicyclic) bond motifs is 1. The van der Waals surface area contributed by atoms with Gasteiger partial charge in [0.2, 0.25) is 10.0 Å². The molecule has 0 radical (unpaired) electrons. The van der Waals surface area contributed by atoms with Crippen LogP contribution < -0.4 is 4.72 Å². The second-order valence-corrected chi connectivity index (χ2v) is 12.4. The molecule has 0 aliphatic carbocycles. The number of aliphatic hydroxyl groups is 1. The van der Waals surface area contributed by atoms with Gasteiger partial charge in [0.1, 0.15) is 11.3 Å². The standard InChI is InChI=1S/C24H24N2O6S2/c1-24(2,27)15-26-34(30,31)19-9-4-6-16(12-19)20-10-11-25-21-14-22(32-23(20)21)17-7-5-8-18(13-17)33(3,28)29/h4-14,26-27H,15H2,1-3H3. The van der Waals surface area contributed by atoms with E-state index in [-0.39, 0.29) is 16.3 Å². The Morgan fingerprint density at radius 2 is 1.59 bits per heavy atom. The SMILES string of the molecule is CC(C)(O)CNS(=O)(=O)c1cccc(-c2ccnc3cc(-c4cccc(S(C)(=O)=O)c4)oc23)c1. The lowest BCUT2D eigenvalue weighted by Crippen LogP contribution is -2.38. The van der Waals surface area contributed by atoms with Crippen molar-refractivity contribution in [2.75, 3.05) is 12.8 Å². The maximum absolute atomic E-state index is 12.7. The molecule has 8 nitrogen and oxygen atoms in total. The van der Waals surface area contributed by atoms with Gasteiger partial charge in [-0.1, -0.05) is 24.3 Å². The highest BCUT2D eigenvalue weighted by molar-refractivity contribution is 7.90. The minimum Gasteiger partial charge on any atom is -0.454 e. The van der Waals surface area contributed by atoms with E-state index < -0.39 is 25.5 Å². The van der Waals surface area contributed by atoms with E-state index in [4.69, 9.17) is 4.42 Å². The average Bonchev–Trinajstić information content (AvgIpc) is 3.22. The fraction of sp³-hybridized carbons (Fsp3) is 0.208. The lowest BCUT2D eigenvalue weighted by atomic mass is 10.1. The maximum atomic E-state index is 12.7. The van der Waals surface area contributed by atoms with Crippen LogP contribution in [0, 0.1) is 0 Å². The van der Waals surface area contributed by atoms with E-state index in [9.17, 15) is 21.9 Å². The molecule has 0 unspecified atom stereocenters. The molecule has 0 spiro atoms. The lowest BCUT2D eigenvalue weighted by molar-refractivity contribution is 0.0857. The quantitative estimate of drug-likeness (QED) is 0.397. The molecule has 2 heterocycles. The number of nitrogens with zero attached hydrogens (tertiary/aromatic N) is 1. The first-order valence-electron chi connectivity index (χ1n) is 10.4. The zero-order valence-corrected chi connectivity index (χ0v) is 20.4. The van der Waals surface area contributed by atoms with Crippen molar-refractivity contribution in [3.8, 4) is 22.5 Å². The third-order valence-corrected chi connectivity index (χ3v) is 7.62. The van der Waals surface area contributed by atoms with Gasteiger partial charge in [-0.05, 0) is 49.7 Å². The van der Waals surface area contributed by atoms with Gasteiger partial charge in [-0.2, -0.15) is 0 Å². The van der Waals surface area contributed by atoms with Crippen LogP contribution in [0.2, 0.25) is 0 Å². The summed E-state index contributed by atoms with van der Waals surface area (Å²) in [5.74, 6) is 0.441. The van der Waals surface area contributed by atoms with Crippen molar-refractivity contribution < 1.29 is 26.4 Å². The molecule has 0 aliphatic heterocycles. The number of rotatable bonds is 7. The number of aromatic nitrogens is 1. The highest BCUT2D eigenvalue weighted by Crippen LogP contribution is 2.34. The van der Waals surface area contributed by atoms with Crippen molar-refractivity contribution in [1.29, 1.82) is 0 Å². The number of sulfone groups is 1. The summed E-state index contributed by atoms with van der Waals surface area (Å²) in [4.78, 5) is 4.57. The third-order valence-electron chi connectivity index (χ3n) is 5.11.